The van der Waals surface area contributed by atoms with Gasteiger partial charge in [-0.25, -0.2) is 9.97 Å². The van der Waals surface area contributed by atoms with E-state index in [1.807, 2.05) is 12.1 Å². The van der Waals surface area contributed by atoms with Gasteiger partial charge in [0, 0.05) is 30.6 Å². The SMILES string of the molecule is Clc1cc(NCCC2CCNCC2)nc(-c2cccnc2)n1. The normalized spacial score (nSPS) is 15.7. The topological polar surface area (TPSA) is 62.7 Å². The van der Waals surface area contributed by atoms with Crippen molar-refractivity contribution in [2.24, 2.45) is 5.92 Å². The van der Waals surface area contributed by atoms with E-state index in [1.165, 1.54) is 12.8 Å². The Morgan fingerprint density at radius 2 is 2.14 bits per heavy atom. The third-order valence-electron chi connectivity index (χ3n) is 3.93. The lowest BCUT2D eigenvalue weighted by molar-refractivity contribution is 0.361. The Balaban J connectivity index is 1.62. The molecule has 2 N–H and O–H groups in total. The molecule has 0 saturated carbocycles. The van der Waals surface area contributed by atoms with Gasteiger partial charge in [0.05, 0.1) is 0 Å². The monoisotopic (exact) mass is 317 g/mol. The molecular weight excluding hydrogens is 298 g/mol. The van der Waals surface area contributed by atoms with E-state index in [9.17, 15) is 0 Å². The Labute approximate surface area is 135 Å². The van der Waals surface area contributed by atoms with Gasteiger partial charge in [-0.15, -0.1) is 0 Å². The molecule has 3 rings (SSSR count). The molecule has 1 aliphatic heterocycles. The van der Waals surface area contributed by atoms with E-state index in [1.54, 1.807) is 18.5 Å². The summed E-state index contributed by atoms with van der Waals surface area (Å²) in [4.78, 5) is 12.9. The van der Waals surface area contributed by atoms with Crippen LogP contribution in [-0.2, 0) is 0 Å². The summed E-state index contributed by atoms with van der Waals surface area (Å²) in [5.41, 5.74) is 0.867. The van der Waals surface area contributed by atoms with Crippen LogP contribution < -0.4 is 10.6 Å². The Morgan fingerprint density at radius 3 is 2.91 bits per heavy atom. The summed E-state index contributed by atoms with van der Waals surface area (Å²) in [5, 5.41) is 7.20. The second kappa shape index (κ2) is 7.51. The van der Waals surface area contributed by atoms with Crippen molar-refractivity contribution in [3.8, 4) is 11.4 Å². The molecule has 1 aliphatic rings. The highest BCUT2D eigenvalue weighted by molar-refractivity contribution is 6.29. The molecule has 22 heavy (non-hydrogen) atoms. The van der Waals surface area contributed by atoms with Gasteiger partial charge < -0.3 is 10.6 Å². The first-order valence-corrected chi connectivity index (χ1v) is 8.08. The number of piperidine rings is 1. The van der Waals surface area contributed by atoms with Crippen molar-refractivity contribution in [1.82, 2.24) is 20.3 Å². The summed E-state index contributed by atoms with van der Waals surface area (Å²) in [7, 11) is 0. The molecule has 2 aromatic heterocycles. The molecule has 0 unspecified atom stereocenters. The molecule has 6 heteroatoms. The average Bonchev–Trinajstić information content (AvgIpc) is 2.56. The molecule has 5 nitrogen and oxygen atoms in total. The van der Waals surface area contributed by atoms with Crippen molar-refractivity contribution in [2.75, 3.05) is 25.0 Å². The first-order valence-electron chi connectivity index (χ1n) is 7.71. The van der Waals surface area contributed by atoms with Gasteiger partial charge in [-0.3, -0.25) is 4.98 Å². The van der Waals surface area contributed by atoms with Crippen molar-refractivity contribution in [3.05, 3.63) is 35.7 Å². The zero-order valence-corrected chi connectivity index (χ0v) is 13.2. The first-order chi connectivity index (χ1) is 10.8. The van der Waals surface area contributed by atoms with Crippen LogP contribution in [0, 0.1) is 5.92 Å². The lowest BCUT2D eigenvalue weighted by Gasteiger charge is -2.22. The molecule has 0 bridgehead atoms. The molecule has 0 radical (unpaired) electrons. The summed E-state index contributed by atoms with van der Waals surface area (Å²) in [6, 6.07) is 5.56. The van der Waals surface area contributed by atoms with E-state index < -0.39 is 0 Å². The maximum atomic E-state index is 6.11. The number of hydrogen-bond donors (Lipinski definition) is 2. The van der Waals surface area contributed by atoms with E-state index in [-0.39, 0.29) is 0 Å². The van der Waals surface area contributed by atoms with Crippen LogP contribution in [0.1, 0.15) is 19.3 Å². The summed E-state index contributed by atoms with van der Waals surface area (Å²) in [6.07, 6.45) is 7.14. The van der Waals surface area contributed by atoms with Gasteiger partial charge in [0.15, 0.2) is 5.82 Å². The van der Waals surface area contributed by atoms with Crippen LogP contribution in [0.2, 0.25) is 5.15 Å². The second-order valence-electron chi connectivity index (χ2n) is 5.55. The molecule has 0 spiro atoms. The zero-order chi connectivity index (χ0) is 15.2. The standard InChI is InChI=1S/C16H20ClN5/c17-14-10-15(20-9-5-12-3-7-18-8-4-12)22-16(21-14)13-2-1-6-19-11-13/h1-2,6,10-12,18H,3-5,7-9H2,(H,20,21,22). The summed E-state index contributed by atoms with van der Waals surface area (Å²) < 4.78 is 0. The van der Waals surface area contributed by atoms with Gasteiger partial charge in [-0.05, 0) is 50.4 Å². The fourth-order valence-corrected chi connectivity index (χ4v) is 2.89. The molecule has 0 aliphatic carbocycles. The minimum atomic E-state index is 0.443. The van der Waals surface area contributed by atoms with Crippen LogP contribution in [0.25, 0.3) is 11.4 Å². The Hall–Kier alpha value is -1.72. The van der Waals surface area contributed by atoms with Gasteiger partial charge in [0.2, 0.25) is 0 Å². The fourth-order valence-electron chi connectivity index (χ4n) is 2.71. The van der Waals surface area contributed by atoms with Crippen LogP contribution >= 0.6 is 11.6 Å². The molecule has 2 aromatic rings. The lowest BCUT2D eigenvalue weighted by atomic mass is 9.95. The molecular formula is C16H20ClN5. The predicted molar refractivity (Wildman–Crippen MR) is 89.0 cm³/mol. The maximum absolute atomic E-state index is 6.11. The Morgan fingerprint density at radius 1 is 1.27 bits per heavy atom. The van der Waals surface area contributed by atoms with Crippen molar-refractivity contribution in [3.63, 3.8) is 0 Å². The highest BCUT2D eigenvalue weighted by Crippen LogP contribution is 2.20. The Kier molecular flexibility index (Phi) is 5.19. The van der Waals surface area contributed by atoms with Gasteiger partial charge in [-0.2, -0.15) is 0 Å². The van der Waals surface area contributed by atoms with Gasteiger partial charge in [0.25, 0.3) is 0 Å². The summed E-state index contributed by atoms with van der Waals surface area (Å²) in [6.45, 7) is 3.18. The van der Waals surface area contributed by atoms with Crippen molar-refractivity contribution in [2.45, 2.75) is 19.3 Å². The van der Waals surface area contributed by atoms with Crippen LogP contribution in [0.4, 0.5) is 5.82 Å². The summed E-state index contributed by atoms with van der Waals surface area (Å²) >= 11 is 6.11. The van der Waals surface area contributed by atoms with E-state index in [0.717, 1.165) is 43.4 Å². The minimum absolute atomic E-state index is 0.443. The van der Waals surface area contributed by atoms with Gasteiger partial charge >= 0.3 is 0 Å². The number of pyridine rings is 1. The quantitative estimate of drug-likeness (QED) is 0.830. The third-order valence-corrected chi connectivity index (χ3v) is 4.13. The fraction of sp³-hybridized carbons (Fsp3) is 0.438. The Bertz CT molecular complexity index is 599. The van der Waals surface area contributed by atoms with Crippen molar-refractivity contribution < 1.29 is 0 Å². The number of nitrogens with one attached hydrogen (secondary N) is 2. The molecule has 3 heterocycles. The molecule has 0 atom stereocenters. The minimum Gasteiger partial charge on any atom is -0.370 e. The zero-order valence-electron chi connectivity index (χ0n) is 12.4. The average molecular weight is 318 g/mol. The van der Waals surface area contributed by atoms with Crippen LogP contribution in [-0.4, -0.2) is 34.6 Å². The third kappa shape index (κ3) is 4.15. The first kappa shape index (κ1) is 15.2. The molecule has 1 fully saturated rings. The second-order valence-corrected chi connectivity index (χ2v) is 5.94. The smallest absolute Gasteiger partial charge is 0.164 e. The van der Waals surface area contributed by atoms with E-state index in [2.05, 4.69) is 25.6 Å². The van der Waals surface area contributed by atoms with E-state index in [4.69, 9.17) is 11.6 Å². The van der Waals surface area contributed by atoms with Crippen LogP contribution in [0.5, 0.6) is 0 Å². The molecule has 1 saturated heterocycles. The predicted octanol–water partition coefficient (Wildman–Crippen LogP) is 2.99. The lowest BCUT2D eigenvalue weighted by Crippen LogP contribution is -2.28. The van der Waals surface area contributed by atoms with E-state index >= 15 is 0 Å². The number of halogens is 1. The maximum Gasteiger partial charge on any atom is 0.164 e. The molecule has 116 valence electrons. The van der Waals surface area contributed by atoms with Gasteiger partial charge in [-0.1, -0.05) is 11.6 Å². The number of rotatable bonds is 5. The number of hydrogen-bond acceptors (Lipinski definition) is 5. The van der Waals surface area contributed by atoms with E-state index in [0.29, 0.717) is 11.0 Å². The number of aromatic nitrogens is 3. The van der Waals surface area contributed by atoms with Gasteiger partial charge in [0.1, 0.15) is 11.0 Å². The van der Waals surface area contributed by atoms with Crippen LogP contribution in [0.3, 0.4) is 0 Å². The number of anilines is 1. The van der Waals surface area contributed by atoms with Crippen molar-refractivity contribution in [1.29, 1.82) is 0 Å². The number of nitrogens with zero attached hydrogens (tertiary/aromatic N) is 3. The highest BCUT2D eigenvalue weighted by Gasteiger charge is 2.12. The van der Waals surface area contributed by atoms with Crippen molar-refractivity contribution >= 4 is 17.4 Å². The highest BCUT2D eigenvalue weighted by atomic mass is 35.5. The molecule has 0 aromatic carbocycles. The molecule has 0 amide bonds. The largest absolute Gasteiger partial charge is 0.370 e. The van der Waals surface area contributed by atoms with Crippen LogP contribution in [0.15, 0.2) is 30.6 Å². The summed E-state index contributed by atoms with van der Waals surface area (Å²) in [5.74, 6) is 2.17.